The monoisotopic (exact) mass is 352 g/mol. The summed E-state index contributed by atoms with van der Waals surface area (Å²) in [4.78, 5) is 15.1. The highest BCUT2D eigenvalue weighted by atomic mass is 35.5. The van der Waals surface area contributed by atoms with Crippen molar-refractivity contribution >= 4 is 18.3 Å². The van der Waals surface area contributed by atoms with Crippen LogP contribution in [0.5, 0.6) is 5.75 Å². The Hall–Kier alpha value is -1.47. The molecule has 1 aromatic carbocycles. The summed E-state index contributed by atoms with van der Waals surface area (Å²) in [6, 6.07) is 7.23. The third-order valence-corrected chi connectivity index (χ3v) is 3.62. The maximum atomic E-state index is 12.3. The van der Waals surface area contributed by atoms with Crippen molar-refractivity contribution in [3.8, 4) is 5.75 Å². The average Bonchev–Trinajstić information content (AvgIpc) is 2.46. The third kappa shape index (κ3) is 6.27. The van der Waals surface area contributed by atoms with Gasteiger partial charge in [0.1, 0.15) is 5.75 Å². The molecule has 1 aromatic rings. The van der Waals surface area contributed by atoms with E-state index in [1.54, 1.807) is 24.1 Å². The van der Waals surface area contributed by atoms with E-state index >= 15 is 0 Å². The molecule has 23 heavy (non-hydrogen) atoms. The van der Waals surface area contributed by atoms with Crippen molar-refractivity contribution in [2.24, 2.45) is 0 Å². The fourth-order valence-corrected chi connectivity index (χ4v) is 2.48. The first-order valence-electron chi connectivity index (χ1n) is 7.07. The Balaban J connectivity index is 0.00000264. The van der Waals surface area contributed by atoms with Crippen LogP contribution in [0.2, 0.25) is 0 Å². The molecule has 0 aromatic heterocycles. The maximum Gasteiger partial charge on any atom is 0.401 e. The molecule has 130 valence electrons. The molecule has 0 unspecified atom stereocenters. The normalized spacial score (nSPS) is 15.9. The standard InChI is InChI=1S/C15H19F3N2O2.ClH/c1-22-13-4-2-3-12(9-13)10-14(21)20-7-5-19(6-8-20)11-15(16,17)18;/h2-4,9H,5-8,10-11H2,1H3;1H. The molecule has 0 atom stereocenters. The first-order chi connectivity index (χ1) is 10.4. The molecule has 0 radical (unpaired) electrons. The van der Waals surface area contributed by atoms with E-state index in [-0.39, 0.29) is 37.8 Å². The van der Waals surface area contributed by atoms with E-state index in [4.69, 9.17) is 4.74 Å². The second kappa shape index (κ2) is 8.40. The average molecular weight is 353 g/mol. The molecule has 8 heteroatoms. The zero-order valence-corrected chi connectivity index (χ0v) is 13.6. The number of benzene rings is 1. The van der Waals surface area contributed by atoms with Crippen LogP contribution in [-0.2, 0) is 11.2 Å². The van der Waals surface area contributed by atoms with Crippen LogP contribution in [0, 0.1) is 0 Å². The molecule has 1 aliphatic rings. The van der Waals surface area contributed by atoms with E-state index in [1.807, 2.05) is 12.1 Å². The molecule has 1 amide bonds. The molecule has 0 saturated carbocycles. The summed E-state index contributed by atoms with van der Waals surface area (Å²) in [5.41, 5.74) is 0.835. The summed E-state index contributed by atoms with van der Waals surface area (Å²) in [7, 11) is 1.56. The molecule has 4 nitrogen and oxygen atoms in total. The first kappa shape index (κ1) is 19.6. The van der Waals surface area contributed by atoms with Crippen molar-refractivity contribution in [3.05, 3.63) is 29.8 Å². The number of hydrogen-bond acceptors (Lipinski definition) is 3. The van der Waals surface area contributed by atoms with Crippen molar-refractivity contribution in [3.63, 3.8) is 0 Å². The molecule has 1 aliphatic heterocycles. The number of piperazine rings is 1. The van der Waals surface area contributed by atoms with E-state index in [9.17, 15) is 18.0 Å². The van der Waals surface area contributed by atoms with Gasteiger partial charge in [-0.05, 0) is 17.7 Å². The van der Waals surface area contributed by atoms with E-state index < -0.39 is 12.7 Å². The number of alkyl halides is 3. The van der Waals surface area contributed by atoms with E-state index in [1.165, 1.54) is 4.90 Å². The van der Waals surface area contributed by atoms with Gasteiger partial charge in [-0.25, -0.2) is 0 Å². The molecular formula is C15H20ClF3N2O2. The summed E-state index contributed by atoms with van der Waals surface area (Å²) < 4.78 is 42.1. The first-order valence-corrected chi connectivity index (χ1v) is 7.07. The molecule has 0 bridgehead atoms. The fraction of sp³-hybridized carbons (Fsp3) is 0.533. The highest BCUT2D eigenvalue weighted by Crippen LogP contribution is 2.18. The molecular weight excluding hydrogens is 333 g/mol. The van der Waals surface area contributed by atoms with Gasteiger partial charge in [0.25, 0.3) is 0 Å². The second-order valence-electron chi connectivity index (χ2n) is 5.30. The van der Waals surface area contributed by atoms with Gasteiger partial charge < -0.3 is 9.64 Å². The van der Waals surface area contributed by atoms with Crippen molar-refractivity contribution in [1.29, 1.82) is 0 Å². The molecule has 2 rings (SSSR count). The molecule has 1 saturated heterocycles. The van der Waals surface area contributed by atoms with Crippen LogP contribution in [0.25, 0.3) is 0 Å². The SMILES string of the molecule is COc1cccc(CC(=O)N2CCN(CC(F)(F)F)CC2)c1.Cl. The molecule has 1 heterocycles. The Morgan fingerprint density at radius 1 is 1.22 bits per heavy atom. The molecule has 0 aliphatic carbocycles. The minimum atomic E-state index is -4.19. The Morgan fingerprint density at radius 3 is 2.43 bits per heavy atom. The quantitative estimate of drug-likeness (QED) is 0.834. The summed E-state index contributed by atoms with van der Waals surface area (Å²) in [6.45, 7) is 0.259. The maximum absolute atomic E-state index is 12.3. The van der Waals surface area contributed by atoms with Gasteiger partial charge in [0.05, 0.1) is 20.1 Å². The minimum Gasteiger partial charge on any atom is -0.497 e. The van der Waals surface area contributed by atoms with Gasteiger partial charge in [-0.2, -0.15) is 13.2 Å². The Labute approximate surface area is 139 Å². The van der Waals surface area contributed by atoms with Crippen molar-refractivity contribution in [2.75, 3.05) is 39.8 Å². The molecule has 0 N–H and O–H groups in total. The number of methoxy groups -OCH3 is 1. The van der Waals surface area contributed by atoms with Crippen LogP contribution in [-0.4, -0.2) is 61.7 Å². The van der Waals surface area contributed by atoms with Gasteiger partial charge in [0.2, 0.25) is 5.91 Å². The van der Waals surface area contributed by atoms with Gasteiger partial charge in [-0.3, -0.25) is 9.69 Å². The predicted molar refractivity (Wildman–Crippen MR) is 83.0 cm³/mol. The summed E-state index contributed by atoms with van der Waals surface area (Å²) >= 11 is 0. The summed E-state index contributed by atoms with van der Waals surface area (Å²) in [5.74, 6) is 0.611. The van der Waals surface area contributed by atoms with Crippen LogP contribution in [0.3, 0.4) is 0 Å². The lowest BCUT2D eigenvalue weighted by atomic mass is 10.1. The van der Waals surface area contributed by atoms with Gasteiger partial charge in [0.15, 0.2) is 0 Å². The predicted octanol–water partition coefficient (Wildman–Crippen LogP) is 2.37. The highest BCUT2D eigenvalue weighted by Gasteiger charge is 2.32. The molecule has 0 spiro atoms. The smallest absolute Gasteiger partial charge is 0.401 e. The Bertz CT molecular complexity index is 518. The number of halogens is 4. The topological polar surface area (TPSA) is 32.8 Å². The van der Waals surface area contributed by atoms with Crippen molar-refractivity contribution in [1.82, 2.24) is 9.80 Å². The number of carbonyl (C=O) groups excluding carboxylic acids is 1. The Morgan fingerprint density at radius 2 is 1.87 bits per heavy atom. The van der Waals surface area contributed by atoms with Gasteiger partial charge in [-0.1, -0.05) is 12.1 Å². The molecule has 1 fully saturated rings. The van der Waals surface area contributed by atoms with Crippen molar-refractivity contribution in [2.45, 2.75) is 12.6 Å². The van der Waals surface area contributed by atoms with Crippen LogP contribution >= 0.6 is 12.4 Å². The zero-order valence-electron chi connectivity index (χ0n) is 12.8. The summed E-state index contributed by atoms with van der Waals surface area (Å²) in [6.07, 6.45) is -3.96. The van der Waals surface area contributed by atoms with Crippen LogP contribution in [0.15, 0.2) is 24.3 Å². The fourth-order valence-electron chi connectivity index (χ4n) is 2.48. The van der Waals surface area contributed by atoms with Crippen LogP contribution < -0.4 is 4.74 Å². The van der Waals surface area contributed by atoms with Gasteiger partial charge >= 0.3 is 6.18 Å². The number of carbonyl (C=O) groups is 1. The second-order valence-corrected chi connectivity index (χ2v) is 5.30. The number of amides is 1. The third-order valence-electron chi connectivity index (χ3n) is 3.62. The lowest BCUT2D eigenvalue weighted by Gasteiger charge is -2.35. The van der Waals surface area contributed by atoms with Crippen LogP contribution in [0.1, 0.15) is 5.56 Å². The highest BCUT2D eigenvalue weighted by molar-refractivity contribution is 5.85. The van der Waals surface area contributed by atoms with Gasteiger partial charge in [0, 0.05) is 26.2 Å². The minimum absolute atomic E-state index is 0. The van der Waals surface area contributed by atoms with Crippen molar-refractivity contribution < 1.29 is 22.7 Å². The summed E-state index contributed by atoms with van der Waals surface area (Å²) in [5, 5.41) is 0. The lowest BCUT2D eigenvalue weighted by molar-refractivity contribution is -0.151. The van der Waals surface area contributed by atoms with Crippen LogP contribution in [0.4, 0.5) is 13.2 Å². The number of hydrogen-bond donors (Lipinski definition) is 0. The Kier molecular flexibility index (Phi) is 7.15. The number of ether oxygens (including phenoxy) is 1. The number of nitrogens with zero attached hydrogens (tertiary/aromatic N) is 2. The zero-order chi connectivity index (χ0) is 16.2. The largest absolute Gasteiger partial charge is 0.497 e. The van der Waals surface area contributed by atoms with E-state index in [2.05, 4.69) is 0 Å². The van der Waals surface area contributed by atoms with E-state index in [0.29, 0.717) is 18.8 Å². The van der Waals surface area contributed by atoms with Gasteiger partial charge in [-0.15, -0.1) is 12.4 Å². The lowest BCUT2D eigenvalue weighted by Crippen LogP contribution is -2.51. The van der Waals surface area contributed by atoms with E-state index in [0.717, 1.165) is 5.56 Å². The number of rotatable bonds is 4.